The van der Waals surface area contributed by atoms with Gasteiger partial charge in [0.15, 0.2) is 9.84 Å². The van der Waals surface area contributed by atoms with E-state index in [0.717, 1.165) is 32.5 Å². The molecular weight excluding hydrogens is 248 g/mol. The predicted molar refractivity (Wildman–Crippen MR) is 76.6 cm³/mol. The van der Waals surface area contributed by atoms with Gasteiger partial charge in [-0.1, -0.05) is 20.8 Å². The third kappa shape index (κ3) is 5.67. The molecular formula is C13H28N2O2S. The summed E-state index contributed by atoms with van der Waals surface area (Å²) in [5, 5.41) is 3.40. The Morgan fingerprint density at radius 2 is 2.06 bits per heavy atom. The van der Waals surface area contributed by atoms with Crippen molar-refractivity contribution in [3.05, 3.63) is 0 Å². The van der Waals surface area contributed by atoms with Crippen molar-refractivity contribution in [2.75, 3.05) is 37.7 Å². The summed E-state index contributed by atoms with van der Waals surface area (Å²) in [7, 11) is -2.84. The van der Waals surface area contributed by atoms with Gasteiger partial charge in [-0.3, -0.25) is 4.90 Å². The van der Waals surface area contributed by atoms with Gasteiger partial charge in [-0.15, -0.1) is 0 Å². The molecule has 1 aliphatic rings. The zero-order valence-corrected chi connectivity index (χ0v) is 12.8. The largest absolute Gasteiger partial charge is 0.314 e. The average molecular weight is 276 g/mol. The van der Waals surface area contributed by atoms with Gasteiger partial charge in [0.1, 0.15) is 0 Å². The molecule has 1 heterocycles. The van der Waals surface area contributed by atoms with Gasteiger partial charge in [0.05, 0.1) is 5.75 Å². The highest BCUT2D eigenvalue weighted by atomic mass is 32.2. The van der Waals surface area contributed by atoms with Gasteiger partial charge in [-0.25, -0.2) is 8.42 Å². The maximum atomic E-state index is 11.8. The Bertz CT molecular complexity index is 328. The summed E-state index contributed by atoms with van der Waals surface area (Å²) in [4.78, 5) is 2.35. The maximum absolute atomic E-state index is 11.8. The third-order valence-corrected chi connectivity index (χ3v) is 5.26. The first kappa shape index (κ1) is 15.9. The van der Waals surface area contributed by atoms with Crippen LogP contribution in [0, 0.1) is 5.92 Å². The highest BCUT2D eigenvalue weighted by molar-refractivity contribution is 7.91. The SMILES string of the molecule is CCCS(=O)(=O)CCN1CCNCC1CC(C)C. The molecule has 0 bridgehead atoms. The number of nitrogens with zero attached hydrogens (tertiary/aromatic N) is 1. The summed E-state index contributed by atoms with van der Waals surface area (Å²) in [5.41, 5.74) is 0. The van der Waals surface area contributed by atoms with Crippen LogP contribution < -0.4 is 5.32 Å². The minimum Gasteiger partial charge on any atom is -0.314 e. The monoisotopic (exact) mass is 276 g/mol. The van der Waals surface area contributed by atoms with E-state index in [1.165, 1.54) is 0 Å². The number of hydrogen-bond acceptors (Lipinski definition) is 4. The number of nitrogens with one attached hydrogen (secondary N) is 1. The van der Waals surface area contributed by atoms with Crippen molar-refractivity contribution in [2.24, 2.45) is 5.92 Å². The van der Waals surface area contributed by atoms with Gasteiger partial charge < -0.3 is 5.32 Å². The lowest BCUT2D eigenvalue weighted by molar-refractivity contribution is 0.150. The molecule has 0 aromatic carbocycles. The second-order valence-electron chi connectivity index (χ2n) is 5.68. The highest BCUT2D eigenvalue weighted by Crippen LogP contribution is 2.13. The minimum absolute atomic E-state index is 0.315. The van der Waals surface area contributed by atoms with Crippen molar-refractivity contribution in [3.63, 3.8) is 0 Å². The Labute approximate surface area is 112 Å². The van der Waals surface area contributed by atoms with E-state index >= 15 is 0 Å². The van der Waals surface area contributed by atoms with Gasteiger partial charge in [0.2, 0.25) is 0 Å². The molecule has 0 aliphatic carbocycles. The highest BCUT2D eigenvalue weighted by Gasteiger charge is 2.24. The predicted octanol–water partition coefficient (Wildman–Crippen LogP) is 1.13. The van der Waals surface area contributed by atoms with Crippen LogP contribution in [0.1, 0.15) is 33.6 Å². The number of sulfone groups is 1. The van der Waals surface area contributed by atoms with Crippen molar-refractivity contribution in [1.82, 2.24) is 10.2 Å². The van der Waals surface area contributed by atoms with Crippen molar-refractivity contribution in [2.45, 2.75) is 39.7 Å². The first-order valence-corrected chi connectivity index (χ1v) is 8.92. The minimum atomic E-state index is -2.84. The van der Waals surface area contributed by atoms with Crippen LogP contribution in [0.2, 0.25) is 0 Å². The van der Waals surface area contributed by atoms with E-state index in [0.29, 0.717) is 30.0 Å². The first-order chi connectivity index (χ1) is 8.44. The Morgan fingerprint density at radius 3 is 2.67 bits per heavy atom. The van der Waals surface area contributed by atoms with Crippen LogP contribution in [0.25, 0.3) is 0 Å². The molecule has 0 radical (unpaired) electrons. The summed E-state index contributed by atoms with van der Waals surface area (Å²) in [6.07, 6.45) is 1.86. The fraction of sp³-hybridized carbons (Fsp3) is 1.00. The lowest BCUT2D eigenvalue weighted by atomic mass is 10.0. The maximum Gasteiger partial charge on any atom is 0.151 e. The topological polar surface area (TPSA) is 49.4 Å². The van der Waals surface area contributed by atoms with Crippen molar-refractivity contribution in [3.8, 4) is 0 Å². The van der Waals surface area contributed by atoms with E-state index in [4.69, 9.17) is 0 Å². The fourth-order valence-corrected chi connectivity index (χ4v) is 3.88. The third-order valence-electron chi connectivity index (χ3n) is 3.42. The van der Waals surface area contributed by atoms with Gasteiger partial charge in [-0.2, -0.15) is 0 Å². The fourth-order valence-electron chi connectivity index (χ4n) is 2.54. The van der Waals surface area contributed by atoms with Crippen LogP contribution >= 0.6 is 0 Å². The summed E-state index contributed by atoms with van der Waals surface area (Å²) < 4.78 is 23.5. The Balaban J connectivity index is 2.47. The summed E-state index contributed by atoms with van der Waals surface area (Å²) in [6, 6.07) is 0.496. The molecule has 0 amide bonds. The van der Waals surface area contributed by atoms with Gasteiger partial charge in [-0.05, 0) is 18.8 Å². The molecule has 1 rings (SSSR count). The van der Waals surface area contributed by atoms with Crippen LogP contribution in [0.4, 0.5) is 0 Å². The lowest BCUT2D eigenvalue weighted by Crippen LogP contribution is -2.52. The molecule has 0 saturated carbocycles. The quantitative estimate of drug-likeness (QED) is 0.757. The van der Waals surface area contributed by atoms with E-state index in [-0.39, 0.29) is 0 Å². The van der Waals surface area contributed by atoms with E-state index < -0.39 is 9.84 Å². The Morgan fingerprint density at radius 1 is 1.33 bits per heavy atom. The molecule has 4 nitrogen and oxygen atoms in total. The van der Waals surface area contributed by atoms with E-state index in [1.807, 2.05) is 6.92 Å². The second kappa shape index (κ2) is 7.46. The molecule has 0 aromatic rings. The molecule has 1 atom stereocenters. The van der Waals surface area contributed by atoms with Gasteiger partial charge in [0.25, 0.3) is 0 Å². The normalized spacial score (nSPS) is 22.6. The molecule has 1 saturated heterocycles. The number of piperazine rings is 1. The second-order valence-corrected chi connectivity index (χ2v) is 7.98. The molecule has 1 aliphatic heterocycles. The van der Waals surface area contributed by atoms with E-state index in [2.05, 4.69) is 24.1 Å². The molecule has 0 spiro atoms. The van der Waals surface area contributed by atoms with Crippen molar-refractivity contribution in [1.29, 1.82) is 0 Å². The summed E-state index contributed by atoms with van der Waals surface area (Å²) in [6.45, 7) is 10.0. The van der Waals surface area contributed by atoms with E-state index in [1.54, 1.807) is 0 Å². The van der Waals surface area contributed by atoms with Crippen LogP contribution in [0.15, 0.2) is 0 Å². The van der Waals surface area contributed by atoms with Crippen LogP contribution in [0.5, 0.6) is 0 Å². The molecule has 1 fully saturated rings. The first-order valence-electron chi connectivity index (χ1n) is 7.09. The zero-order chi connectivity index (χ0) is 13.6. The van der Waals surface area contributed by atoms with Crippen LogP contribution in [-0.2, 0) is 9.84 Å². The standard InChI is InChI=1S/C13H28N2O2S/c1-4-8-18(16,17)9-7-15-6-5-14-11-13(15)10-12(2)3/h12-14H,4-11H2,1-3H3. The zero-order valence-electron chi connectivity index (χ0n) is 12.0. The van der Waals surface area contributed by atoms with Crippen molar-refractivity contribution < 1.29 is 8.42 Å². The van der Waals surface area contributed by atoms with Crippen molar-refractivity contribution >= 4 is 9.84 Å². The smallest absolute Gasteiger partial charge is 0.151 e. The van der Waals surface area contributed by atoms with Crippen LogP contribution in [-0.4, -0.2) is 57.0 Å². The molecule has 1 N–H and O–H groups in total. The van der Waals surface area contributed by atoms with Gasteiger partial charge in [0, 0.05) is 38.0 Å². The lowest BCUT2D eigenvalue weighted by Gasteiger charge is -2.37. The number of hydrogen-bond donors (Lipinski definition) is 1. The molecule has 108 valence electrons. The summed E-state index contributed by atoms with van der Waals surface area (Å²) in [5.74, 6) is 1.30. The molecule has 5 heteroatoms. The molecule has 1 unspecified atom stereocenters. The van der Waals surface area contributed by atoms with Crippen LogP contribution in [0.3, 0.4) is 0 Å². The molecule has 0 aromatic heterocycles. The Hall–Kier alpha value is -0.130. The van der Waals surface area contributed by atoms with Gasteiger partial charge >= 0.3 is 0 Å². The summed E-state index contributed by atoms with van der Waals surface area (Å²) >= 11 is 0. The Kier molecular flexibility index (Phi) is 6.60. The average Bonchev–Trinajstić information content (AvgIpc) is 2.27. The number of rotatable bonds is 7. The van der Waals surface area contributed by atoms with E-state index in [9.17, 15) is 8.42 Å². The molecule has 18 heavy (non-hydrogen) atoms.